The predicted molar refractivity (Wildman–Crippen MR) is 75.2 cm³/mol. The highest BCUT2D eigenvalue weighted by Gasteiger charge is 2.11. The molecule has 0 saturated carbocycles. The van der Waals surface area contributed by atoms with Crippen molar-refractivity contribution in [3.63, 3.8) is 0 Å². The lowest BCUT2D eigenvalue weighted by molar-refractivity contribution is 0.414. The van der Waals surface area contributed by atoms with Crippen molar-refractivity contribution in [3.05, 3.63) is 45.4 Å². The summed E-state index contributed by atoms with van der Waals surface area (Å²) in [6, 6.07) is 7.88. The minimum Gasteiger partial charge on any atom is -0.497 e. The van der Waals surface area contributed by atoms with E-state index in [1.165, 1.54) is 4.88 Å². The number of aryl methyl sites for hydroxylation is 2. The zero-order valence-electron chi connectivity index (χ0n) is 10.9. The van der Waals surface area contributed by atoms with Crippen molar-refractivity contribution in [1.82, 2.24) is 4.98 Å². The van der Waals surface area contributed by atoms with Crippen LogP contribution in [0.25, 0.3) is 0 Å². The standard InChI is InChI=1S/C14H18N2OS/c1-9-10(2)18-14(16-9)8-13(15)11-4-6-12(17-3)7-5-11/h4-7,13H,8,15H2,1-3H3. The van der Waals surface area contributed by atoms with Crippen LogP contribution in [-0.2, 0) is 6.42 Å². The van der Waals surface area contributed by atoms with Crippen LogP contribution in [-0.4, -0.2) is 12.1 Å². The van der Waals surface area contributed by atoms with Gasteiger partial charge in [0, 0.05) is 17.3 Å². The van der Waals surface area contributed by atoms with Crippen LogP contribution in [0.4, 0.5) is 0 Å². The molecule has 2 aromatic rings. The number of hydrogen-bond donors (Lipinski definition) is 1. The van der Waals surface area contributed by atoms with Gasteiger partial charge in [0.15, 0.2) is 0 Å². The molecule has 2 N–H and O–H groups in total. The molecule has 0 aliphatic carbocycles. The van der Waals surface area contributed by atoms with Crippen molar-refractivity contribution < 1.29 is 4.74 Å². The topological polar surface area (TPSA) is 48.1 Å². The number of methoxy groups -OCH3 is 1. The van der Waals surface area contributed by atoms with Crippen LogP contribution in [0.3, 0.4) is 0 Å². The Bertz CT molecular complexity index is 500. The van der Waals surface area contributed by atoms with Crippen molar-refractivity contribution in [3.8, 4) is 5.75 Å². The number of hydrogen-bond acceptors (Lipinski definition) is 4. The molecule has 1 heterocycles. The molecule has 0 spiro atoms. The van der Waals surface area contributed by atoms with Crippen LogP contribution in [0.2, 0.25) is 0 Å². The molecule has 0 radical (unpaired) electrons. The summed E-state index contributed by atoms with van der Waals surface area (Å²) in [5, 5.41) is 1.10. The van der Waals surface area contributed by atoms with E-state index in [-0.39, 0.29) is 6.04 Å². The van der Waals surface area contributed by atoms with Crippen molar-refractivity contribution in [2.75, 3.05) is 7.11 Å². The molecule has 18 heavy (non-hydrogen) atoms. The van der Waals surface area contributed by atoms with Crippen molar-refractivity contribution in [1.29, 1.82) is 0 Å². The Morgan fingerprint density at radius 1 is 1.28 bits per heavy atom. The lowest BCUT2D eigenvalue weighted by atomic mass is 10.1. The number of rotatable bonds is 4. The highest BCUT2D eigenvalue weighted by molar-refractivity contribution is 7.11. The van der Waals surface area contributed by atoms with Crippen LogP contribution in [0.5, 0.6) is 5.75 Å². The number of nitrogens with two attached hydrogens (primary N) is 1. The fourth-order valence-electron chi connectivity index (χ4n) is 1.78. The summed E-state index contributed by atoms with van der Waals surface area (Å²) in [4.78, 5) is 5.79. The number of aromatic nitrogens is 1. The van der Waals surface area contributed by atoms with Crippen LogP contribution >= 0.6 is 11.3 Å². The summed E-state index contributed by atoms with van der Waals surface area (Å²) in [5.74, 6) is 0.854. The van der Waals surface area contributed by atoms with Crippen LogP contribution in [0.1, 0.15) is 27.2 Å². The molecule has 0 saturated heterocycles. The Hall–Kier alpha value is -1.39. The molecule has 1 unspecified atom stereocenters. The normalized spacial score (nSPS) is 12.4. The molecular weight excluding hydrogens is 244 g/mol. The zero-order valence-corrected chi connectivity index (χ0v) is 11.8. The van der Waals surface area contributed by atoms with E-state index in [9.17, 15) is 0 Å². The minimum atomic E-state index is -0.0131. The number of benzene rings is 1. The van der Waals surface area contributed by atoms with Gasteiger partial charge in [-0.05, 0) is 31.5 Å². The predicted octanol–water partition coefficient (Wildman–Crippen LogP) is 3.01. The van der Waals surface area contributed by atoms with E-state index in [0.717, 1.165) is 28.4 Å². The van der Waals surface area contributed by atoms with Gasteiger partial charge in [-0.1, -0.05) is 12.1 Å². The van der Waals surface area contributed by atoms with E-state index >= 15 is 0 Å². The van der Waals surface area contributed by atoms with E-state index < -0.39 is 0 Å². The summed E-state index contributed by atoms with van der Waals surface area (Å²) < 4.78 is 5.14. The first-order valence-electron chi connectivity index (χ1n) is 5.92. The number of thiazole rings is 1. The Kier molecular flexibility index (Phi) is 3.99. The average Bonchev–Trinajstić information content (AvgIpc) is 2.68. The maximum Gasteiger partial charge on any atom is 0.118 e. The first kappa shape index (κ1) is 13.1. The quantitative estimate of drug-likeness (QED) is 0.921. The first-order valence-corrected chi connectivity index (χ1v) is 6.74. The largest absolute Gasteiger partial charge is 0.497 e. The molecule has 0 bridgehead atoms. The third kappa shape index (κ3) is 2.89. The molecule has 1 aromatic carbocycles. The maximum atomic E-state index is 6.20. The second kappa shape index (κ2) is 5.50. The fraction of sp³-hybridized carbons (Fsp3) is 0.357. The molecule has 1 atom stereocenters. The Morgan fingerprint density at radius 3 is 2.44 bits per heavy atom. The summed E-state index contributed by atoms with van der Waals surface area (Å²) in [5.41, 5.74) is 8.42. The van der Waals surface area contributed by atoms with Crippen LogP contribution in [0.15, 0.2) is 24.3 Å². The van der Waals surface area contributed by atoms with Gasteiger partial charge < -0.3 is 10.5 Å². The third-order valence-corrected chi connectivity index (χ3v) is 4.11. The van der Waals surface area contributed by atoms with Gasteiger partial charge in [-0.3, -0.25) is 0 Å². The number of nitrogens with zero attached hydrogens (tertiary/aromatic N) is 1. The smallest absolute Gasteiger partial charge is 0.118 e. The molecule has 3 nitrogen and oxygen atoms in total. The van der Waals surface area contributed by atoms with Gasteiger partial charge >= 0.3 is 0 Å². The summed E-state index contributed by atoms with van der Waals surface area (Å²) in [7, 11) is 1.66. The van der Waals surface area contributed by atoms with E-state index in [4.69, 9.17) is 10.5 Å². The highest BCUT2D eigenvalue weighted by atomic mass is 32.1. The Balaban J connectivity index is 2.08. The van der Waals surface area contributed by atoms with Gasteiger partial charge in [0.05, 0.1) is 17.8 Å². The lowest BCUT2D eigenvalue weighted by Crippen LogP contribution is -2.13. The molecule has 0 aliphatic heterocycles. The maximum absolute atomic E-state index is 6.20. The van der Waals surface area contributed by atoms with E-state index in [1.807, 2.05) is 31.2 Å². The van der Waals surface area contributed by atoms with Crippen molar-refractivity contribution >= 4 is 11.3 Å². The molecule has 4 heteroatoms. The molecule has 0 aliphatic rings. The van der Waals surface area contributed by atoms with Crippen molar-refractivity contribution in [2.24, 2.45) is 5.73 Å². The first-order chi connectivity index (χ1) is 8.60. The molecule has 1 aromatic heterocycles. The van der Waals surface area contributed by atoms with Gasteiger partial charge in [-0.15, -0.1) is 11.3 Å². The lowest BCUT2D eigenvalue weighted by Gasteiger charge is -2.10. The monoisotopic (exact) mass is 262 g/mol. The molecule has 0 fully saturated rings. The highest BCUT2D eigenvalue weighted by Crippen LogP contribution is 2.23. The second-order valence-corrected chi connectivity index (χ2v) is 5.62. The van der Waals surface area contributed by atoms with Gasteiger partial charge in [-0.25, -0.2) is 4.98 Å². The molecule has 0 amide bonds. The zero-order chi connectivity index (χ0) is 13.1. The van der Waals surface area contributed by atoms with E-state index in [1.54, 1.807) is 18.4 Å². The van der Waals surface area contributed by atoms with Crippen LogP contribution < -0.4 is 10.5 Å². The van der Waals surface area contributed by atoms with Gasteiger partial charge in [-0.2, -0.15) is 0 Å². The summed E-state index contributed by atoms with van der Waals surface area (Å²) >= 11 is 1.73. The fourth-order valence-corrected chi connectivity index (χ4v) is 2.78. The van der Waals surface area contributed by atoms with Gasteiger partial charge in [0.2, 0.25) is 0 Å². The average molecular weight is 262 g/mol. The molecular formula is C14H18N2OS. The van der Waals surface area contributed by atoms with Gasteiger partial charge in [0.1, 0.15) is 5.75 Å². The SMILES string of the molecule is COc1ccc(C(N)Cc2nc(C)c(C)s2)cc1. The summed E-state index contributed by atoms with van der Waals surface area (Å²) in [6.07, 6.45) is 0.783. The molecule has 96 valence electrons. The minimum absolute atomic E-state index is 0.0131. The second-order valence-electron chi connectivity index (χ2n) is 4.33. The van der Waals surface area contributed by atoms with Crippen LogP contribution in [0, 0.1) is 13.8 Å². The van der Waals surface area contributed by atoms with E-state index in [2.05, 4.69) is 11.9 Å². The van der Waals surface area contributed by atoms with Crippen molar-refractivity contribution in [2.45, 2.75) is 26.3 Å². The summed E-state index contributed by atoms with van der Waals surface area (Å²) in [6.45, 7) is 4.13. The Morgan fingerprint density at radius 2 is 1.94 bits per heavy atom. The third-order valence-electron chi connectivity index (χ3n) is 3.01. The molecule has 2 rings (SSSR count). The Labute approximate surface area is 112 Å². The van der Waals surface area contributed by atoms with E-state index in [0.29, 0.717) is 0 Å². The number of ether oxygens (including phenoxy) is 1. The van der Waals surface area contributed by atoms with Gasteiger partial charge in [0.25, 0.3) is 0 Å².